The zero-order chi connectivity index (χ0) is 15.3. The molecule has 1 aliphatic carbocycles. The third kappa shape index (κ3) is 4.47. The lowest BCUT2D eigenvalue weighted by atomic mass is 9.93. The fraction of sp³-hybridized carbons (Fsp3) is 0.643. The highest BCUT2D eigenvalue weighted by molar-refractivity contribution is 5.76. The Bertz CT molecular complexity index is 506. The van der Waals surface area contributed by atoms with Crippen molar-refractivity contribution in [1.29, 1.82) is 0 Å². The van der Waals surface area contributed by atoms with Gasteiger partial charge in [0.1, 0.15) is 0 Å². The maximum atomic E-state index is 11.9. The molecule has 7 nitrogen and oxygen atoms in total. The van der Waals surface area contributed by atoms with Gasteiger partial charge >= 0.3 is 12.0 Å². The van der Waals surface area contributed by atoms with Crippen LogP contribution in [-0.4, -0.2) is 39.0 Å². The van der Waals surface area contributed by atoms with Crippen LogP contribution in [0.4, 0.5) is 4.79 Å². The minimum absolute atomic E-state index is 0.0109. The molecule has 1 heterocycles. The molecule has 116 valence electrons. The normalized spacial score (nSPS) is 16.6. The summed E-state index contributed by atoms with van der Waals surface area (Å²) in [6.45, 7) is 0.501. The van der Waals surface area contributed by atoms with Gasteiger partial charge in [0.2, 0.25) is 0 Å². The summed E-state index contributed by atoms with van der Waals surface area (Å²) in [5.41, 5.74) is 0.475. The molecule has 1 aromatic rings. The summed E-state index contributed by atoms with van der Waals surface area (Å²) in [5.74, 6) is -0.868. The summed E-state index contributed by atoms with van der Waals surface area (Å²) in [6.07, 6.45) is 7.75. The van der Waals surface area contributed by atoms with E-state index in [4.69, 9.17) is 5.11 Å². The van der Waals surface area contributed by atoms with E-state index in [9.17, 15) is 9.59 Å². The number of hydrogen-bond donors (Lipinski definition) is 3. The Labute approximate surface area is 123 Å². The van der Waals surface area contributed by atoms with Crippen molar-refractivity contribution in [3.05, 3.63) is 18.0 Å². The van der Waals surface area contributed by atoms with Crippen LogP contribution in [-0.2, 0) is 18.3 Å². The van der Waals surface area contributed by atoms with Gasteiger partial charge in [-0.1, -0.05) is 12.8 Å². The van der Waals surface area contributed by atoms with Gasteiger partial charge in [0.05, 0.1) is 18.2 Å². The SMILES string of the molecule is Cn1cc(CCNC(=O)NC2(CC(=O)O)CCCC2)cn1. The zero-order valence-corrected chi connectivity index (χ0v) is 12.3. The number of carboxylic acids is 1. The van der Waals surface area contributed by atoms with Gasteiger partial charge in [0.15, 0.2) is 0 Å². The molecule has 7 heteroatoms. The van der Waals surface area contributed by atoms with Gasteiger partial charge in [0.25, 0.3) is 0 Å². The van der Waals surface area contributed by atoms with E-state index < -0.39 is 11.5 Å². The van der Waals surface area contributed by atoms with Crippen LogP contribution in [0.2, 0.25) is 0 Å². The number of amides is 2. The lowest BCUT2D eigenvalue weighted by molar-refractivity contribution is -0.138. The van der Waals surface area contributed by atoms with Crippen LogP contribution in [0.3, 0.4) is 0 Å². The van der Waals surface area contributed by atoms with Crippen molar-refractivity contribution in [2.45, 2.75) is 44.1 Å². The molecule has 2 rings (SSSR count). The Morgan fingerprint density at radius 1 is 1.43 bits per heavy atom. The quantitative estimate of drug-likeness (QED) is 0.730. The van der Waals surface area contributed by atoms with Crippen molar-refractivity contribution in [3.63, 3.8) is 0 Å². The number of carboxylic acid groups (broad SMARTS) is 1. The van der Waals surface area contributed by atoms with Crippen molar-refractivity contribution < 1.29 is 14.7 Å². The number of nitrogens with zero attached hydrogens (tertiary/aromatic N) is 2. The summed E-state index contributed by atoms with van der Waals surface area (Å²) >= 11 is 0. The molecule has 0 saturated heterocycles. The Morgan fingerprint density at radius 2 is 2.14 bits per heavy atom. The molecule has 0 spiro atoms. The van der Waals surface area contributed by atoms with Gasteiger partial charge in [-0.25, -0.2) is 4.79 Å². The fourth-order valence-corrected chi connectivity index (χ4v) is 2.89. The summed E-state index contributed by atoms with van der Waals surface area (Å²) in [4.78, 5) is 22.9. The molecule has 1 saturated carbocycles. The highest BCUT2D eigenvalue weighted by Gasteiger charge is 2.37. The summed E-state index contributed by atoms with van der Waals surface area (Å²) in [5, 5.41) is 18.7. The van der Waals surface area contributed by atoms with Gasteiger partial charge in [-0.05, 0) is 24.8 Å². The second-order valence-corrected chi connectivity index (χ2v) is 5.71. The molecular formula is C14H22N4O3. The third-order valence-corrected chi connectivity index (χ3v) is 3.89. The number of carbonyl (C=O) groups excluding carboxylic acids is 1. The molecular weight excluding hydrogens is 272 g/mol. The number of rotatable bonds is 6. The van der Waals surface area contributed by atoms with Crippen LogP contribution in [0.5, 0.6) is 0 Å². The maximum Gasteiger partial charge on any atom is 0.315 e. The van der Waals surface area contributed by atoms with Crippen molar-refractivity contribution >= 4 is 12.0 Å². The van der Waals surface area contributed by atoms with E-state index in [2.05, 4.69) is 15.7 Å². The first kappa shape index (κ1) is 15.3. The van der Waals surface area contributed by atoms with Gasteiger partial charge in [-0.2, -0.15) is 5.10 Å². The van der Waals surface area contributed by atoms with Crippen LogP contribution in [0.1, 0.15) is 37.7 Å². The Morgan fingerprint density at radius 3 is 2.71 bits per heavy atom. The van der Waals surface area contributed by atoms with E-state index in [1.807, 2.05) is 13.2 Å². The second-order valence-electron chi connectivity index (χ2n) is 5.71. The molecule has 2 amide bonds. The number of nitrogens with one attached hydrogen (secondary N) is 2. The molecule has 21 heavy (non-hydrogen) atoms. The van der Waals surface area contributed by atoms with E-state index >= 15 is 0 Å². The highest BCUT2D eigenvalue weighted by atomic mass is 16.4. The molecule has 1 aliphatic rings. The maximum absolute atomic E-state index is 11.9. The van der Waals surface area contributed by atoms with E-state index in [0.717, 1.165) is 31.2 Å². The van der Waals surface area contributed by atoms with Gasteiger partial charge in [0, 0.05) is 19.8 Å². The number of aryl methyl sites for hydroxylation is 1. The van der Waals surface area contributed by atoms with Crippen LogP contribution in [0.25, 0.3) is 0 Å². The molecule has 1 aromatic heterocycles. The summed E-state index contributed by atoms with van der Waals surface area (Å²) < 4.78 is 1.72. The average Bonchev–Trinajstić information content (AvgIpc) is 2.98. The predicted molar refractivity (Wildman–Crippen MR) is 76.9 cm³/mol. The number of aliphatic carboxylic acids is 1. The lowest BCUT2D eigenvalue weighted by Gasteiger charge is -2.28. The molecule has 0 atom stereocenters. The van der Waals surface area contributed by atoms with Gasteiger partial charge < -0.3 is 15.7 Å². The molecule has 3 N–H and O–H groups in total. The topological polar surface area (TPSA) is 96.2 Å². The summed E-state index contributed by atoms with van der Waals surface area (Å²) in [6, 6.07) is -0.290. The van der Waals surface area contributed by atoms with E-state index in [0.29, 0.717) is 13.0 Å². The molecule has 0 aromatic carbocycles. The standard InChI is InChI=1S/C14H22N4O3/c1-18-10-11(9-16-18)4-7-15-13(21)17-14(8-12(19)20)5-2-3-6-14/h9-10H,2-8H2,1H3,(H,19,20)(H2,15,17,21). The van der Waals surface area contributed by atoms with Crippen LogP contribution < -0.4 is 10.6 Å². The van der Waals surface area contributed by atoms with Crippen molar-refractivity contribution in [2.75, 3.05) is 6.54 Å². The van der Waals surface area contributed by atoms with Gasteiger partial charge in [-0.3, -0.25) is 9.48 Å². The monoisotopic (exact) mass is 294 g/mol. The molecule has 1 fully saturated rings. The van der Waals surface area contributed by atoms with Gasteiger partial charge in [-0.15, -0.1) is 0 Å². The van der Waals surface area contributed by atoms with Crippen LogP contribution >= 0.6 is 0 Å². The summed E-state index contributed by atoms with van der Waals surface area (Å²) in [7, 11) is 1.85. The highest BCUT2D eigenvalue weighted by Crippen LogP contribution is 2.32. The Balaban J connectivity index is 1.78. The lowest BCUT2D eigenvalue weighted by Crippen LogP contribution is -2.51. The number of aromatic nitrogens is 2. The number of carbonyl (C=O) groups is 2. The fourth-order valence-electron chi connectivity index (χ4n) is 2.89. The zero-order valence-electron chi connectivity index (χ0n) is 12.3. The van der Waals surface area contributed by atoms with Crippen LogP contribution in [0.15, 0.2) is 12.4 Å². The molecule has 0 aliphatic heterocycles. The van der Waals surface area contributed by atoms with Crippen molar-refractivity contribution in [2.24, 2.45) is 7.05 Å². The third-order valence-electron chi connectivity index (χ3n) is 3.89. The molecule has 0 radical (unpaired) electrons. The first-order valence-electron chi connectivity index (χ1n) is 7.24. The minimum atomic E-state index is -0.868. The van der Waals surface area contributed by atoms with Crippen LogP contribution in [0, 0.1) is 0 Å². The number of urea groups is 1. The van der Waals surface area contributed by atoms with E-state index in [1.54, 1.807) is 10.9 Å². The number of hydrogen-bond acceptors (Lipinski definition) is 3. The molecule has 0 bridgehead atoms. The average molecular weight is 294 g/mol. The van der Waals surface area contributed by atoms with Crippen molar-refractivity contribution in [3.8, 4) is 0 Å². The van der Waals surface area contributed by atoms with E-state index in [1.165, 1.54) is 0 Å². The molecule has 0 unspecified atom stereocenters. The second kappa shape index (κ2) is 6.60. The first-order chi connectivity index (χ1) is 9.99. The van der Waals surface area contributed by atoms with Crippen molar-refractivity contribution in [1.82, 2.24) is 20.4 Å². The first-order valence-corrected chi connectivity index (χ1v) is 7.24. The minimum Gasteiger partial charge on any atom is -0.481 e. The largest absolute Gasteiger partial charge is 0.481 e. The Kier molecular flexibility index (Phi) is 4.82. The van der Waals surface area contributed by atoms with E-state index in [-0.39, 0.29) is 12.5 Å². The Hall–Kier alpha value is -2.05. The smallest absolute Gasteiger partial charge is 0.315 e. The predicted octanol–water partition coefficient (Wildman–Crippen LogP) is 1.05.